The van der Waals surface area contributed by atoms with Gasteiger partial charge in [0, 0.05) is 29.1 Å². The summed E-state index contributed by atoms with van der Waals surface area (Å²) in [7, 11) is 0. The first-order valence-corrected chi connectivity index (χ1v) is 5.10. The van der Waals surface area contributed by atoms with Crippen LogP contribution in [0.25, 0.3) is 11.1 Å². The molecule has 2 rings (SSSR count). The average molecular weight is 238 g/mol. The Balaban J connectivity index is 2.65. The summed E-state index contributed by atoms with van der Waals surface area (Å²) < 4.78 is 13.6. The third-order valence-corrected chi connectivity index (χ3v) is 2.65. The summed E-state index contributed by atoms with van der Waals surface area (Å²) >= 11 is 5.89. The molecule has 0 saturated carbocycles. The summed E-state index contributed by atoms with van der Waals surface area (Å²) in [6, 6.07) is 6.31. The molecule has 16 heavy (non-hydrogen) atoms. The highest BCUT2D eigenvalue weighted by Gasteiger charge is 2.11. The molecule has 2 aromatic rings. The lowest BCUT2D eigenvalue weighted by atomic mass is 10.0. The Kier molecular flexibility index (Phi) is 3.17. The fourth-order valence-corrected chi connectivity index (χ4v) is 1.75. The molecule has 0 spiro atoms. The van der Waals surface area contributed by atoms with E-state index in [9.17, 15) is 9.50 Å². The largest absolute Gasteiger partial charge is 0.392 e. The van der Waals surface area contributed by atoms with Gasteiger partial charge in [0.2, 0.25) is 0 Å². The number of aromatic nitrogens is 1. The van der Waals surface area contributed by atoms with Crippen molar-refractivity contribution in [3.63, 3.8) is 0 Å². The molecule has 0 aliphatic carbocycles. The second kappa shape index (κ2) is 4.60. The lowest BCUT2D eigenvalue weighted by molar-refractivity contribution is 0.282. The van der Waals surface area contributed by atoms with Crippen LogP contribution in [0.4, 0.5) is 4.39 Å². The van der Waals surface area contributed by atoms with E-state index in [-0.39, 0.29) is 12.4 Å². The Bertz CT molecular complexity index is 516. The van der Waals surface area contributed by atoms with Gasteiger partial charge in [-0.25, -0.2) is 4.39 Å². The van der Waals surface area contributed by atoms with Crippen LogP contribution in [0.1, 0.15) is 5.56 Å². The molecule has 0 aliphatic heterocycles. The van der Waals surface area contributed by atoms with E-state index in [2.05, 4.69) is 4.98 Å². The number of rotatable bonds is 2. The van der Waals surface area contributed by atoms with Crippen molar-refractivity contribution in [1.82, 2.24) is 4.98 Å². The highest BCUT2D eigenvalue weighted by molar-refractivity contribution is 6.31. The lowest BCUT2D eigenvalue weighted by Crippen LogP contribution is -1.94. The summed E-state index contributed by atoms with van der Waals surface area (Å²) in [5.74, 6) is -0.360. The topological polar surface area (TPSA) is 33.1 Å². The SMILES string of the molecule is OCc1c(Cl)cncc1-c1ccccc1F. The van der Waals surface area contributed by atoms with E-state index in [1.807, 2.05) is 0 Å². The first-order valence-electron chi connectivity index (χ1n) is 4.72. The predicted octanol–water partition coefficient (Wildman–Crippen LogP) is 3.03. The summed E-state index contributed by atoms with van der Waals surface area (Å²) in [5.41, 5.74) is 1.40. The van der Waals surface area contributed by atoms with E-state index in [4.69, 9.17) is 11.6 Å². The molecule has 0 radical (unpaired) electrons. The Morgan fingerprint density at radius 3 is 2.62 bits per heavy atom. The van der Waals surface area contributed by atoms with Gasteiger partial charge in [0.25, 0.3) is 0 Å². The zero-order valence-corrected chi connectivity index (χ0v) is 9.08. The molecule has 4 heteroatoms. The molecule has 0 amide bonds. The predicted molar refractivity (Wildman–Crippen MR) is 60.6 cm³/mol. The van der Waals surface area contributed by atoms with Gasteiger partial charge in [-0.3, -0.25) is 4.98 Å². The van der Waals surface area contributed by atoms with E-state index in [1.54, 1.807) is 18.2 Å². The first kappa shape index (κ1) is 11.0. The maximum absolute atomic E-state index is 13.6. The molecule has 1 heterocycles. The number of hydrogen-bond acceptors (Lipinski definition) is 2. The van der Waals surface area contributed by atoms with E-state index in [1.165, 1.54) is 18.5 Å². The van der Waals surface area contributed by atoms with Gasteiger partial charge in [0.1, 0.15) is 5.82 Å². The summed E-state index contributed by atoms with van der Waals surface area (Å²) in [6.45, 7) is -0.245. The van der Waals surface area contributed by atoms with Crippen molar-refractivity contribution >= 4 is 11.6 Å². The Morgan fingerprint density at radius 2 is 1.94 bits per heavy atom. The minimum absolute atomic E-state index is 0.245. The number of nitrogens with zero attached hydrogens (tertiary/aromatic N) is 1. The van der Waals surface area contributed by atoms with Crippen molar-refractivity contribution in [3.8, 4) is 11.1 Å². The van der Waals surface area contributed by atoms with Gasteiger partial charge < -0.3 is 5.11 Å². The summed E-state index contributed by atoms with van der Waals surface area (Å²) in [4.78, 5) is 3.90. The molecule has 1 aromatic carbocycles. The molecule has 0 bridgehead atoms. The van der Waals surface area contributed by atoms with Crippen LogP contribution in [-0.4, -0.2) is 10.1 Å². The number of aliphatic hydroxyl groups is 1. The number of hydrogen-bond donors (Lipinski definition) is 1. The van der Waals surface area contributed by atoms with Crippen LogP contribution in [0.5, 0.6) is 0 Å². The smallest absolute Gasteiger partial charge is 0.131 e. The van der Waals surface area contributed by atoms with E-state index >= 15 is 0 Å². The van der Waals surface area contributed by atoms with Gasteiger partial charge >= 0.3 is 0 Å². The Hall–Kier alpha value is -1.45. The van der Waals surface area contributed by atoms with E-state index in [0.29, 0.717) is 21.7 Å². The number of benzene rings is 1. The lowest BCUT2D eigenvalue weighted by Gasteiger charge is -2.09. The zero-order chi connectivity index (χ0) is 11.5. The van der Waals surface area contributed by atoms with E-state index < -0.39 is 0 Å². The maximum Gasteiger partial charge on any atom is 0.131 e. The number of pyridine rings is 1. The van der Waals surface area contributed by atoms with Crippen molar-refractivity contribution in [2.45, 2.75) is 6.61 Å². The van der Waals surface area contributed by atoms with Crippen LogP contribution in [0.15, 0.2) is 36.7 Å². The fourth-order valence-electron chi connectivity index (χ4n) is 1.53. The van der Waals surface area contributed by atoms with Gasteiger partial charge in [-0.05, 0) is 6.07 Å². The van der Waals surface area contributed by atoms with Gasteiger partial charge in [0.05, 0.1) is 11.6 Å². The molecule has 0 saturated heterocycles. The average Bonchev–Trinajstić information content (AvgIpc) is 2.29. The van der Waals surface area contributed by atoms with Crippen molar-refractivity contribution in [2.75, 3.05) is 0 Å². The quantitative estimate of drug-likeness (QED) is 0.871. The minimum atomic E-state index is -0.360. The molecular weight excluding hydrogens is 229 g/mol. The van der Waals surface area contributed by atoms with Gasteiger partial charge in [-0.15, -0.1) is 0 Å². The van der Waals surface area contributed by atoms with Crippen molar-refractivity contribution in [1.29, 1.82) is 0 Å². The molecule has 0 unspecified atom stereocenters. The summed E-state index contributed by atoms with van der Waals surface area (Å²) in [5, 5.41) is 9.55. The number of aliphatic hydroxyl groups excluding tert-OH is 1. The van der Waals surface area contributed by atoms with Crippen LogP contribution >= 0.6 is 11.6 Å². The normalized spacial score (nSPS) is 10.4. The highest BCUT2D eigenvalue weighted by Crippen LogP contribution is 2.29. The Labute approximate surface area is 97.3 Å². The molecule has 82 valence electrons. The fraction of sp³-hybridized carbons (Fsp3) is 0.0833. The zero-order valence-electron chi connectivity index (χ0n) is 8.32. The molecular formula is C12H9ClFNO. The van der Waals surface area contributed by atoms with Gasteiger partial charge in [-0.1, -0.05) is 29.8 Å². The van der Waals surface area contributed by atoms with Crippen molar-refractivity contribution < 1.29 is 9.50 Å². The van der Waals surface area contributed by atoms with Gasteiger partial charge in [-0.2, -0.15) is 0 Å². The van der Waals surface area contributed by atoms with Crippen LogP contribution in [-0.2, 0) is 6.61 Å². The van der Waals surface area contributed by atoms with E-state index in [0.717, 1.165) is 0 Å². The Morgan fingerprint density at radius 1 is 1.19 bits per heavy atom. The molecule has 2 nitrogen and oxygen atoms in total. The van der Waals surface area contributed by atoms with Gasteiger partial charge in [0.15, 0.2) is 0 Å². The van der Waals surface area contributed by atoms with Crippen LogP contribution in [0.2, 0.25) is 5.02 Å². The van der Waals surface area contributed by atoms with Crippen molar-refractivity contribution in [3.05, 3.63) is 53.1 Å². The molecule has 1 aromatic heterocycles. The van der Waals surface area contributed by atoms with Crippen LogP contribution < -0.4 is 0 Å². The second-order valence-corrected chi connectivity index (χ2v) is 3.69. The molecule has 0 atom stereocenters. The minimum Gasteiger partial charge on any atom is -0.392 e. The third kappa shape index (κ3) is 1.92. The highest BCUT2D eigenvalue weighted by atomic mass is 35.5. The molecule has 0 aliphatic rings. The first-order chi connectivity index (χ1) is 7.74. The maximum atomic E-state index is 13.6. The monoisotopic (exact) mass is 237 g/mol. The second-order valence-electron chi connectivity index (χ2n) is 3.29. The third-order valence-electron chi connectivity index (χ3n) is 2.33. The van der Waals surface area contributed by atoms with Crippen LogP contribution in [0, 0.1) is 5.82 Å². The molecule has 1 N–H and O–H groups in total. The van der Waals surface area contributed by atoms with Crippen LogP contribution in [0.3, 0.4) is 0 Å². The van der Waals surface area contributed by atoms with Crippen molar-refractivity contribution in [2.24, 2.45) is 0 Å². The molecule has 0 fully saturated rings. The standard InChI is InChI=1S/C12H9ClFNO/c13-11-6-15-5-9(10(11)7-16)8-3-1-2-4-12(8)14/h1-6,16H,7H2. The summed E-state index contributed by atoms with van der Waals surface area (Å²) in [6.07, 6.45) is 2.92. The number of halogens is 2.